The summed E-state index contributed by atoms with van der Waals surface area (Å²) >= 11 is 0. The van der Waals surface area contributed by atoms with Crippen LogP contribution in [-0.4, -0.2) is 157 Å². The summed E-state index contributed by atoms with van der Waals surface area (Å²) in [4.78, 5) is 11.9. The van der Waals surface area contributed by atoms with E-state index in [4.69, 9.17) is 33.2 Å². The van der Waals surface area contributed by atoms with E-state index in [-0.39, 0.29) is 34.7 Å². The van der Waals surface area contributed by atoms with Crippen LogP contribution < -0.4 is 0 Å². The number of aliphatic hydroxyl groups is 8. The van der Waals surface area contributed by atoms with Gasteiger partial charge in [-0.15, -0.1) is 0 Å². The van der Waals surface area contributed by atoms with Crippen LogP contribution in [0.4, 0.5) is 0 Å². The van der Waals surface area contributed by atoms with Gasteiger partial charge in [0.25, 0.3) is 0 Å². The second-order valence-corrected chi connectivity index (χ2v) is 19.1. The summed E-state index contributed by atoms with van der Waals surface area (Å²) < 4.78 is 40.9. The van der Waals surface area contributed by atoms with Gasteiger partial charge in [0.1, 0.15) is 61.5 Å². The summed E-state index contributed by atoms with van der Waals surface area (Å²) in [6.07, 6.45) is -10.6. The smallest absolute Gasteiger partial charge is 0.331 e. The molecular formula is C41H64O16. The molecule has 4 saturated carbocycles. The third-order valence-electron chi connectivity index (χ3n) is 16.2. The highest BCUT2D eigenvalue weighted by atomic mass is 16.8. The van der Waals surface area contributed by atoms with Gasteiger partial charge in [0, 0.05) is 11.5 Å². The summed E-state index contributed by atoms with van der Waals surface area (Å²) in [6.45, 7) is 9.63. The minimum atomic E-state index is -1.68. The van der Waals surface area contributed by atoms with Gasteiger partial charge in [-0.3, -0.25) is 0 Å². The fraction of sp³-hybridized carbons (Fsp3) is 0.927. The lowest BCUT2D eigenvalue weighted by molar-refractivity contribution is -0.374. The molecule has 4 aliphatic carbocycles. The molecule has 0 amide bonds. The summed E-state index contributed by atoms with van der Waals surface area (Å²) in [5.41, 5.74) is -0.0591. The van der Waals surface area contributed by atoms with Gasteiger partial charge in [0.15, 0.2) is 18.9 Å². The van der Waals surface area contributed by atoms with Crippen molar-refractivity contribution in [3.05, 3.63) is 11.6 Å². The Bertz CT molecular complexity index is 1510. The monoisotopic (exact) mass is 812 g/mol. The molecule has 0 unspecified atom stereocenters. The molecular weight excluding hydrogens is 748 g/mol. The summed E-state index contributed by atoms with van der Waals surface area (Å²) in [5.74, 6) is 0.750. The number of ether oxygens (including phenoxy) is 7. The molecule has 4 heterocycles. The average Bonchev–Trinajstić information content (AvgIpc) is 3.72. The normalized spacial score (nSPS) is 56.6. The average molecular weight is 813 g/mol. The number of aliphatic hydroxyl groups excluding tert-OH is 7. The highest BCUT2D eigenvalue weighted by Gasteiger charge is 2.68. The van der Waals surface area contributed by atoms with Crippen LogP contribution in [0.1, 0.15) is 92.4 Å². The predicted molar refractivity (Wildman–Crippen MR) is 195 cm³/mol. The van der Waals surface area contributed by atoms with E-state index < -0.39 is 97.7 Å². The molecule has 0 aromatic heterocycles. The van der Waals surface area contributed by atoms with Crippen molar-refractivity contribution in [2.45, 2.75) is 196 Å². The predicted octanol–water partition coefficient (Wildman–Crippen LogP) is 0.160. The maximum Gasteiger partial charge on any atom is 0.331 e. The Labute approximate surface area is 333 Å². The van der Waals surface area contributed by atoms with Crippen LogP contribution in [0.2, 0.25) is 0 Å². The number of hydrogen-bond donors (Lipinski definition) is 8. The minimum absolute atomic E-state index is 0.0133. The van der Waals surface area contributed by atoms with Crippen LogP contribution in [0.3, 0.4) is 0 Å². The zero-order chi connectivity index (χ0) is 40.9. The Morgan fingerprint density at radius 2 is 1.21 bits per heavy atom. The highest BCUT2D eigenvalue weighted by Crippen LogP contribution is 2.70. The van der Waals surface area contributed by atoms with Crippen molar-refractivity contribution in [2.24, 2.45) is 34.5 Å². The van der Waals surface area contributed by atoms with Crippen LogP contribution in [0.25, 0.3) is 0 Å². The van der Waals surface area contributed by atoms with Crippen LogP contribution in [0, 0.1) is 34.5 Å². The van der Waals surface area contributed by atoms with Crippen LogP contribution in [0.5, 0.6) is 0 Å². The fourth-order valence-electron chi connectivity index (χ4n) is 12.7. The first kappa shape index (κ1) is 42.3. The topological polar surface area (TPSA) is 244 Å². The Morgan fingerprint density at radius 3 is 1.81 bits per heavy atom. The molecule has 0 aromatic carbocycles. The first-order chi connectivity index (χ1) is 26.9. The molecule has 8 rings (SSSR count). The zero-order valence-corrected chi connectivity index (χ0v) is 33.5. The highest BCUT2D eigenvalue weighted by molar-refractivity contribution is 5.85. The van der Waals surface area contributed by atoms with E-state index in [1.807, 2.05) is 0 Å². The minimum Gasteiger partial charge on any atom is -0.458 e. The molecule has 23 atom stereocenters. The van der Waals surface area contributed by atoms with Crippen molar-refractivity contribution in [3.8, 4) is 0 Å². The number of hydrogen-bond acceptors (Lipinski definition) is 16. The summed E-state index contributed by atoms with van der Waals surface area (Å²) in [7, 11) is 0. The molecule has 0 bridgehead atoms. The van der Waals surface area contributed by atoms with E-state index >= 15 is 0 Å². The van der Waals surface area contributed by atoms with E-state index in [9.17, 15) is 45.6 Å². The van der Waals surface area contributed by atoms with Gasteiger partial charge in [0.2, 0.25) is 0 Å². The Hall–Kier alpha value is -1.35. The molecule has 0 spiro atoms. The maximum atomic E-state index is 12.6. The van der Waals surface area contributed by atoms with Gasteiger partial charge in [0.05, 0.1) is 30.0 Å². The Balaban J connectivity index is 0.857. The SMILES string of the molecule is C[C@H]1O[C@H](O[C@H]2[C@H](O)[C@H](O)[C@@H](O[C@H]3[C@H](O)[C@H](O)[C@@H](O[C@H]4CC[C@@]5(C)[C@H](CC[C@@H]6[C@@H]5CC[C@]5(C)[C@@H](C7=CC(=O)OC7)CC[C@]65O)C4)O[C@@H]3C)O[C@@H]2C)[C@@H](O)[C@@H](O)[C@@H]1O. The van der Waals surface area contributed by atoms with Crippen molar-refractivity contribution in [2.75, 3.05) is 6.61 Å². The quantitative estimate of drug-likeness (QED) is 0.126. The standard InChI is InChI=1S/C41H64O16/c1-17-27(43)28(44)31(47)37(52-17)56-35-19(3)54-38(33(49)30(35)46)57-34-18(2)53-36(32(48)29(34)45)55-22-8-11-39(4)21(15-22)6-7-25-24(39)9-12-40(5)23(10-13-41(25,40)50)20-14-26(42)51-16-20/h14,17-19,21-25,27-38,43-50H,6-13,15-16H2,1-5H3/t17-,18-,19-,21-,22+,23-,24+,25-,27-,28+,29-,30-,31+,32+,33+,34-,35-,36-,37-,38-,39+,40-,41+/m1/s1. The largest absolute Gasteiger partial charge is 0.458 e. The van der Waals surface area contributed by atoms with Gasteiger partial charge >= 0.3 is 5.97 Å². The fourth-order valence-corrected chi connectivity index (χ4v) is 12.7. The molecule has 8 N–H and O–H groups in total. The lowest BCUT2D eigenvalue weighted by Crippen LogP contribution is -2.65. The number of carbonyl (C=O) groups excluding carboxylic acids is 1. The zero-order valence-electron chi connectivity index (χ0n) is 33.5. The second kappa shape index (κ2) is 15.5. The van der Waals surface area contributed by atoms with Gasteiger partial charge in [-0.1, -0.05) is 13.8 Å². The number of rotatable bonds is 7. The molecule has 0 radical (unpaired) electrons. The van der Waals surface area contributed by atoms with E-state index in [2.05, 4.69) is 13.8 Å². The van der Waals surface area contributed by atoms with Gasteiger partial charge in [-0.2, -0.15) is 0 Å². The first-order valence-corrected chi connectivity index (χ1v) is 21.2. The molecule has 3 saturated heterocycles. The molecule has 16 heteroatoms. The number of cyclic esters (lactones) is 1. The van der Waals surface area contributed by atoms with Gasteiger partial charge in [-0.25, -0.2) is 4.79 Å². The van der Waals surface area contributed by atoms with Crippen LogP contribution in [0.15, 0.2) is 11.6 Å². The van der Waals surface area contributed by atoms with E-state index in [1.54, 1.807) is 19.9 Å². The lowest BCUT2D eigenvalue weighted by Gasteiger charge is -2.64. The number of esters is 1. The molecule has 4 aliphatic heterocycles. The van der Waals surface area contributed by atoms with Gasteiger partial charge < -0.3 is 74.0 Å². The third kappa shape index (κ3) is 6.95. The Kier molecular flexibility index (Phi) is 11.5. The molecule has 7 fully saturated rings. The van der Waals surface area contributed by atoms with Crippen LogP contribution in [-0.2, 0) is 38.0 Å². The second-order valence-electron chi connectivity index (χ2n) is 19.1. The number of fused-ring (bicyclic) bond motifs is 5. The summed E-state index contributed by atoms with van der Waals surface area (Å²) in [6, 6.07) is 0. The van der Waals surface area contributed by atoms with Crippen LogP contribution >= 0.6 is 0 Å². The lowest BCUT2D eigenvalue weighted by atomic mass is 9.43. The van der Waals surface area contributed by atoms with Gasteiger partial charge in [-0.05, 0) is 113 Å². The maximum absolute atomic E-state index is 12.6. The molecule has 0 aromatic rings. The van der Waals surface area contributed by atoms with E-state index in [0.29, 0.717) is 18.4 Å². The first-order valence-electron chi connectivity index (χ1n) is 21.2. The Morgan fingerprint density at radius 1 is 0.632 bits per heavy atom. The summed E-state index contributed by atoms with van der Waals surface area (Å²) in [5, 5.41) is 87.7. The third-order valence-corrected chi connectivity index (χ3v) is 16.2. The van der Waals surface area contributed by atoms with E-state index in [1.165, 1.54) is 6.92 Å². The number of carbonyl (C=O) groups is 1. The van der Waals surface area contributed by atoms with Crippen molar-refractivity contribution in [3.63, 3.8) is 0 Å². The molecule has 16 nitrogen and oxygen atoms in total. The van der Waals surface area contributed by atoms with Crippen molar-refractivity contribution >= 4 is 5.97 Å². The van der Waals surface area contributed by atoms with E-state index in [0.717, 1.165) is 63.4 Å². The molecule has 8 aliphatic rings. The van der Waals surface area contributed by atoms with Crippen molar-refractivity contribution < 1.29 is 78.8 Å². The van der Waals surface area contributed by atoms with Crippen molar-refractivity contribution in [1.82, 2.24) is 0 Å². The molecule has 324 valence electrons. The molecule has 57 heavy (non-hydrogen) atoms. The van der Waals surface area contributed by atoms with Crippen molar-refractivity contribution in [1.29, 1.82) is 0 Å².